The number of anilines is 1. The number of rotatable bonds is 7. The van der Waals surface area contributed by atoms with Gasteiger partial charge in [-0.25, -0.2) is 9.97 Å². The molecule has 0 saturated carbocycles. The van der Waals surface area contributed by atoms with E-state index in [0.717, 1.165) is 24.7 Å². The molecule has 0 aliphatic carbocycles. The van der Waals surface area contributed by atoms with Crippen molar-refractivity contribution in [2.24, 2.45) is 5.92 Å². The van der Waals surface area contributed by atoms with Gasteiger partial charge in [-0.15, -0.1) is 0 Å². The van der Waals surface area contributed by atoms with Crippen molar-refractivity contribution in [3.8, 4) is 0 Å². The molecule has 0 aliphatic heterocycles. The van der Waals surface area contributed by atoms with Gasteiger partial charge in [0.2, 0.25) is 0 Å². The van der Waals surface area contributed by atoms with Gasteiger partial charge in [-0.2, -0.15) is 0 Å². The van der Waals surface area contributed by atoms with E-state index in [1.807, 2.05) is 6.07 Å². The lowest BCUT2D eigenvalue weighted by Gasteiger charge is -2.26. The number of hydrogen-bond acceptors (Lipinski definition) is 4. The summed E-state index contributed by atoms with van der Waals surface area (Å²) < 4.78 is 5.17. The average Bonchev–Trinajstić information content (AvgIpc) is 2.33. The van der Waals surface area contributed by atoms with Crippen LogP contribution in [0.4, 0.5) is 5.82 Å². The van der Waals surface area contributed by atoms with Crippen molar-refractivity contribution in [1.82, 2.24) is 9.97 Å². The normalized spacial score (nSPS) is 11.4. The summed E-state index contributed by atoms with van der Waals surface area (Å²) in [5.74, 6) is 2.48. The van der Waals surface area contributed by atoms with E-state index in [0.29, 0.717) is 17.7 Å². The van der Waals surface area contributed by atoms with Crippen LogP contribution in [0.3, 0.4) is 0 Å². The molecular formula is C14H24ClN3O. The number of aromatic nitrogens is 2. The zero-order chi connectivity index (χ0) is 14.4. The molecule has 0 bridgehead atoms. The third-order valence-electron chi connectivity index (χ3n) is 2.69. The number of ether oxygens (including phenoxy) is 1. The van der Waals surface area contributed by atoms with Crippen molar-refractivity contribution in [3.05, 3.63) is 17.0 Å². The number of hydrogen-bond donors (Lipinski definition) is 0. The van der Waals surface area contributed by atoms with E-state index in [9.17, 15) is 0 Å². The number of methoxy groups -OCH3 is 1. The van der Waals surface area contributed by atoms with Gasteiger partial charge in [0.1, 0.15) is 16.8 Å². The van der Waals surface area contributed by atoms with E-state index in [4.69, 9.17) is 16.3 Å². The first-order chi connectivity index (χ1) is 8.93. The molecule has 19 heavy (non-hydrogen) atoms. The summed E-state index contributed by atoms with van der Waals surface area (Å²) in [7, 11) is 1.71. The maximum Gasteiger partial charge on any atom is 0.135 e. The molecule has 0 fully saturated rings. The Hall–Kier alpha value is -0.870. The van der Waals surface area contributed by atoms with Gasteiger partial charge in [0.05, 0.1) is 6.61 Å². The first-order valence-electron chi connectivity index (χ1n) is 6.72. The van der Waals surface area contributed by atoms with Crippen LogP contribution in [0, 0.1) is 5.92 Å². The summed E-state index contributed by atoms with van der Waals surface area (Å²) in [4.78, 5) is 11.1. The van der Waals surface area contributed by atoms with E-state index in [1.54, 1.807) is 7.11 Å². The number of nitrogens with zero attached hydrogens (tertiary/aromatic N) is 3. The van der Waals surface area contributed by atoms with E-state index in [-0.39, 0.29) is 5.92 Å². The fourth-order valence-electron chi connectivity index (χ4n) is 1.78. The SMILES string of the molecule is COCCN(CC(C)C)c1cc(Cl)nc(C(C)C)n1. The maximum absolute atomic E-state index is 6.10. The van der Waals surface area contributed by atoms with Crippen molar-refractivity contribution >= 4 is 17.4 Å². The van der Waals surface area contributed by atoms with Gasteiger partial charge in [-0.3, -0.25) is 0 Å². The summed E-state index contributed by atoms with van der Waals surface area (Å²) in [6.45, 7) is 10.9. The topological polar surface area (TPSA) is 38.2 Å². The molecule has 0 unspecified atom stereocenters. The molecule has 4 nitrogen and oxygen atoms in total. The molecule has 1 rings (SSSR count). The Labute approximate surface area is 121 Å². The van der Waals surface area contributed by atoms with E-state index in [1.165, 1.54) is 0 Å². The number of halogens is 1. The molecule has 0 aromatic carbocycles. The third kappa shape index (κ3) is 5.33. The molecule has 5 heteroatoms. The molecule has 0 N–H and O–H groups in total. The van der Waals surface area contributed by atoms with Gasteiger partial charge >= 0.3 is 0 Å². The Balaban J connectivity index is 2.99. The van der Waals surface area contributed by atoms with Crippen LogP contribution in [0.1, 0.15) is 39.4 Å². The van der Waals surface area contributed by atoms with Crippen LogP contribution >= 0.6 is 11.6 Å². The first kappa shape index (κ1) is 16.2. The summed E-state index contributed by atoms with van der Waals surface area (Å²) in [6, 6.07) is 1.82. The van der Waals surface area contributed by atoms with Crippen LogP contribution in [0.15, 0.2) is 6.07 Å². The summed E-state index contributed by atoms with van der Waals surface area (Å²) in [5.41, 5.74) is 0. The highest BCUT2D eigenvalue weighted by Gasteiger charge is 2.14. The Morgan fingerprint density at radius 2 is 1.95 bits per heavy atom. The minimum atomic E-state index is 0.265. The van der Waals surface area contributed by atoms with Crippen molar-refractivity contribution in [2.45, 2.75) is 33.6 Å². The van der Waals surface area contributed by atoms with Crippen molar-refractivity contribution in [2.75, 3.05) is 31.7 Å². The fraction of sp³-hybridized carbons (Fsp3) is 0.714. The lowest BCUT2D eigenvalue weighted by atomic mass is 10.2. The molecule has 1 aromatic heterocycles. The summed E-state index contributed by atoms with van der Waals surface area (Å²) in [6.07, 6.45) is 0. The van der Waals surface area contributed by atoms with Gasteiger partial charge < -0.3 is 9.64 Å². The summed E-state index contributed by atoms with van der Waals surface area (Å²) >= 11 is 6.10. The molecule has 108 valence electrons. The first-order valence-corrected chi connectivity index (χ1v) is 7.10. The van der Waals surface area contributed by atoms with Crippen LogP contribution < -0.4 is 4.90 Å². The van der Waals surface area contributed by atoms with Crippen LogP contribution in [-0.4, -0.2) is 36.8 Å². The van der Waals surface area contributed by atoms with Crippen molar-refractivity contribution in [1.29, 1.82) is 0 Å². The lowest BCUT2D eigenvalue weighted by Crippen LogP contribution is -2.32. The minimum Gasteiger partial charge on any atom is -0.383 e. The molecule has 1 aromatic rings. The monoisotopic (exact) mass is 285 g/mol. The molecule has 0 atom stereocenters. The second-order valence-electron chi connectivity index (χ2n) is 5.39. The van der Waals surface area contributed by atoms with Gasteiger partial charge in [-0.1, -0.05) is 39.3 Å². The minimum absolute atomic E-state index is 0.265. The fourth-order valence-corrected chi connectivity index (χ4v) is 1.97. The van der Waals surface area contributed by atoms with Crippen LogP contribution in [0.2, 0.25) is 5.15 Å². The highest BCUT2D eigenvalue weighted by atomic mass is 35.5. The maximum atomic E-state index is 6.10. The molecule has 0 radical (unpaired) electrons. The van der Waals surface area contributed by atoms with E-state index in [2.05, 4.69) is 42.6 Å². The quantitative estimate of drug-likeness (QED) is 0.720. The zero-order valence-corrected chi connectivity index (χ0v) is 13.2. The standard InChI is InChI=1S/C14H24ClN3O/c1-10(2)9-18(6-7-19-5)13-8-12(15)16-14(17-13)11(3)4/h8,10-11H,6-7,9H2,1-5H3. The molecule has 0 spiro atoms. The second kappa shape index (κ2) is 7.65. The largest absolute Gasteiger partial charge is 0.383 e. The van der Waals surface area contributed by atoms with Crippen LogP contribution in [0.25, 0.3) is 0 Å². The Morgan fingerprint density at radius 1 is 1.26 bits per heavy atom. The van der Waals surface area contributed by atoms with Gasteiger partial charge in [-0.05, 0) is 5.92 Å². The molecule has 1 heterocycles. The van der Waals surface area contributed by atoms with Crippen LogP contribution in [0.5, 0.6) is 0 Å². The summed E-state index contributed by atoms with van der Waals surface area (Å²) in [5, 5.41) is 0.500. The second-order valence-corrected chi connectivity index (χ2v) is 5.78. The highest BCUT2D eigenvalue weighted by molar-refractivity contribution is 6.29. The van der Waals surface area contributed by atoms with Gasteiger partial charge in [0, 0.05) is 32.2 Å². The molecule has 0 aliphatic rings. The van der Waals surface area contributed by atoms with E-state index < -0.39 is 0 Å². The molecular weight excluding hydrogens is 262 g/mol. The predicted octanol–water partition coefficient (Wildman–Crippen LogP) is 3.36. The Bertz CT molecular complexity index is 396. The van der Waals surface area contributed by atoms with Gasteiger partial charge in [0.25, 0.3) is 0 Å². The lowest BCUT2D eigenvalue weighted by molar-refractivity contribution is 0.204. The predicted molar refractivity (Wildman–Crippen MR) is 80.1 cm³/mol. The van der Waals surface area contributed by atoms with Crippen LogP contribution in [-0.2, 0) is 4.74 Å². The van der Waals surface area contributed by atoms with Crippen molar-refractivity contribution < 1.29 is 4.74 Å². The van der Waals surface area contributed by atoms with E-state index >= 15 is 0 Å². The Kier molecular flexibility index (Phi) is 6.52. The molecule has 0 amide bonds. The zero-order valence-electron chi connectivity index (χ0n) is 12.5. The smallest absolute Gasteiger partial charge is 0.135 e. The van der Waals surface area contributed by atoms with Crippen molar-refractivity contribution in [3.63, 3.8) is 0 Å². The molecule has 0 saturated heterocycles. The third-order valence-corrected chi connectivity index (χ3v) is 2.88. The van der Waals surface area contributed by atoms with Gasteiger partial charge in [0.15, 0.2) is 0 Å². The Morgan fingerprint density at radius 3 is 2.47 bits per heavy atom. The highest BCUT2D eigenvalue weighted by Crippen LogP contribution is 2.20. The average molecular weight is 286 g/mol.